The van der Waals surface area contributed by atoms with Crippen molar-refractivity contribution in [1.82, 2.24) is 9.38 Å². The topological polar surface area (TPSA) is 43.3 Å². The summed E-state index contributed by atoms with van der Waals surface area (Å²) in [7, 11) is 0. The number of hydrogen-bond acceptors (Lipinski definition) is 2. The molecule has 96 valence electrons. The van der Waals surface area contributed by atoms with Crippen molar-refractivity contribution in [3.8, 4) is 11.3 Å². The normalized spacial score (nSPS) is 11.1. The SMILES string of the molecule is NCc1ccc2nc(-c3cccc(F)c3F)cn2c1. The molecule has 5 heteroatoms. The molecule has 0 atom stereocenters. The highest BCUT2D eigenvalue weighted by atomic mass is 19.2. The minimum absolute atomic E-state index is 0.151. The van der Waals surface area contributed by atoms with Gasteiger partial charge in [-0.3, -0.25) is 0 Å². The smallest absolute Gasteiger partial charge is 0.168 e. The van der Waals surface area contributed by atoms with Gasteiger partial charge in [-0.15, -0.1) is 0 Å². The fourth-order valence-corrected chi connectivity index (χ4v) is 1.99. The van der Waals surface area contributed by atoms with Crippen LogP contribution in [0.15, 0.2) is 42.7 Å². The molecular formula is C14H11F2N3. The average molecular weight is 259 g/mol. The molecule has 0 saturated carbocycles. The van der Waals surface area contributed by atoms with E-state index in [9.17, 15) is 8.78 Å². The number of imidazole rings is 1. The molecule has 0 aliphatic heterocycles. The van der Waals surface area contributed by atoms with E-state index >= 15 is 0 Å². The summed E-state index contributed by atoms with van der Waals surface area (Å²) in [6, 6.07) is 7.70. The number of aromatic nitrogens is 2. The van der Waals surface area contributed by atoms with Crippen molar-refractivity contribution in [2.24, 2.45) is 5.73 Å². The third-order valence-corrected chi connectivity index (χ3v) is 2.98. The van der Waals surface area contributed by atoms with Crippen LogP contribution in [0.25, 0.3) is 16.9 Å². The average Bonchev–Trinajstić information content (AvgIpc) is 2.84. The fraction of sp³-hybridized carbons (Fsp3) is 0.0714. The lowest BCUT2D eigenvalue weighted by atomic mass is 10.1. The number of nitrogens with zero attached hydrogens (tertiary/aromatic N) is 2. The molecule has 2 N–H and O–H groups in total. The van der Waals surface area contributed by atoms with Crippen molar-refractivity contribution in [3.63, 3.8) is 0 Å². The van der Waals surface area contributed by atoms with Gasteiger partial charge in [0.1, 0.15) is 5.65 Å². The maximum atomic E-state index is 13.7. The molecule has 3 aromatic rings. The molecule has 0 saturated heterocycles. The van der Waals surface area contributed by atoms with E-state index in [2.05, 4.69) is 4.98 Å². The Kier molecular flexibility index (Phi) is 2.76. The Morgan fingerprint density at radius 2 is 1.95 bits per heavy atom. The summed E-state index contributed by atoms with van der Waals surface area (Å²) in [5.74, 6) is -1.76. The van der Waals surface area contributed by atoms with Gasteiger partial charge in [0.25, 0.3) is 0 Å². The van der Waals surface area contributed by atoms with Crippen LogP contribution in [-0.2, 0) is 6.54 Å². The Morgan fingerprint density at radius 3 is 2.74 bits per heavy atom. The molecule has 3 nitrogen and oxygen atoms in total. The van der Waals surface area contributed by atoms with Gasteiger partial charge in [-0.05, 0) is 23.8 Å². The van der Waals surface area contributed by atoms with Gasteiger partial charge in [-0.1, -0.05) is 12.1 Å². The van der Waals surface area contributed by atoms with E-state index in [0.29, 0.717) is 17.9 Å². The van der Waals surface area contributed by atoms with Gasteiger partial charge in [0.15, 0.2) is 11.6 Å². The molecule has 0 aliphatic rings. The van der Waals surface area contributed by atoms with Crippen LogP contribution >= 0.6 is 0 Å². The fourth-order valence-electron chi connectivity index (χ4n) is 1.99. The molecule has 0 bridgehead atoms. The summed E-state index contributed by atoms with van der Waals surface area (Å²) < 4.78 is 28.7. The highest BCUT2D eigenvalue weighted by Crippen LogP contribution is 2.24. The molecule has 2 aromatic heterocycles. The lowest BCUT2D eigenvalue weighted by Crippen LogP contribution is -1.97. The molecule has 0 unspecified atom stereocenters. The number of fused-ring (bicyclic) bond motifs is 1. The van der Waals surface area contributed by atoms with Crippen LogP contribution in [0.4, 0.5) is 8.78 Å². The maximum Gasteiger partial charge on any atom is 0.168 e. The molecule has 1 aromatic carbocycles. The van der Waals surface area contributed by atoms with Gasteiger partial charge in [0, 0.05) is 24.5 Å². The van der Waals surface area contributed by atoms with Crippen LogP contribution < -0.4 is 5.73 Å². The maximum absolute atomic E-state index is 13.7. The van der Waals surface area contributed by atoms with E-state index in [-0.39, 0.29) is 5.56 Å². The lowest BCUT2D eigenvalue weighted by molar-refractivity contribution is 0.511. The van der Waals surface area contributed by atoms with Crippen LogP contribution in [0.2, 0.25) is 0 Å². The van der Waals surface area contributed by atoms with Gasteiger partial charge in [0.05, 0.1) is 5.69 Å². The van der Waals surface area contributed by atoms with E-state index in [1.165, 1.54) is 12.1 Å². The zero-order chi connectivity index (χ0) is 13.4. The second-order valence-electron chi connectivity index (χ2n) is 4.23. The van der Waals surface area contributed by atoms with Gasteiger partial charge >= 0.3 is 0 Å². The molecule has 0 spiro atoms. The first-order chi connectivity index (χ1) is 9.19. The Hall–Kier alpha value is -2.27. The predicted molar refractivity (Wildman–Crippen MR) is 68.4 cm³/mol. The third kappa shape index (κ3) is 1.98. The van der Waals surface area contributed by atoms with Crippen molar-refractivity contribution >= 4 is 5.65 Å². The molecule has 19 heavy (non-hydrogen) atoms. The van der Waals surface area contributed by atoms with E-state index in [4.69, 9.17) is 5.73 Å². The first-order valence-electron chi connectivity index (χ1n) is 5.81. The molecule has 0 radical (unpaired) electrons. The Balaban J connectivity index is 2.18. The molecule has 3 rings (SSSR count). The molecule has 0 amide bonds. The highest BCUT2D eigenvalue weighted by molar-refractivity contribution is 5.63. The summed E-state index contributed by atoms with van der Waals surface area (Å²) in [6.45, 7) is 0.414. The second-order valence-corrected chi connectivity index (χ2v) is 4.23. The predicted octanol–water partition coefficient (Wildman–Crippen LogP) is 2.74. The summed E-state index contributed by atoms with van der Waals surface area (Å²) in [5.41, 5.74) is 7.71. The third-order valence-electron chi connectivity index (χ3n) is 2.98. The molecule has 0 fully saturated rings. The Labute approximate surface area is 108 Å². The van der Waals surface area contributed by atoms with E-state index in [1.54, 1.807) is 16.7 Å². The monoisotopic (exact) mass is 259 g/mol. The van der Waals surface area contributed by atoms with Gasteiger partial charge in [-0.25, -0.2) is 13.8 Å². The minimum atomic E-state index is -0.884. The zero-order valence-corrected chi connectivity index (χ0v) is 9.98. The quantitative estimate of drug-likeness (QED) is 0.769. The van der Waals surface area contributed by atoms with Crippen molar-refractivity contribution in [2.75, 3.05) is 0 Å². The van der Waals surface area contributed by atoms with Crippen LogP contribution in [0, 0.1) is 11.6 Å². The van der Waals surface area contributed by atoms with Crippen molar-refractivity contribution < 1.29 is 8.78 Å². The lowest BCUT2D eigenvalue weighted by Gasteiger charge is -1.98. The summed E-state index contributed by atoms with van der Waals surface area (Å²) in [6.07, 6.45) is 3.48. The first-order valence-corrected chi connectivity index (χ1v) is 5.81. The van der Waals surface area contributed by atoms with Gasteiger partial charge < -0.3 is 10.1 Å². The molecule has 0 aliphatic carbocycles. The largest absolute Gasteiger partial charge is 0.326 e. The molecular weight excluding hydrogens is 248 g/mol. The van der Waals surface area contributed by atoms with Crippen LogP contribution in [0.5, 0.6) is 0 Å². The number of nitrogens with two attached hydrogens (primary N) is 1. The molecule has 2 heterocycles. The number of rotatable bonds is 2. The number of halogens is 2. The summed E-state index contributed by atoms with van der Waals surface area (Å²) in [5, 5.41) is 0. The zero-order valence-electron chi connectivity index (χ0n) is 9.98. The van der Waals surface area contributed by atoms with Crippen molar-refractivity contribution in [2.45, 2.75) is 6.54 Å². The van der Waals surface area contributed by atoms with Crippen molar-refractivity contribution in [1.29, 1.82) is 0 Å². The second kappa shape index (κ2) is 4.44. The van der Waals surface area contributed by atoms with Gasteiger partial charge in [-0.2, -0.15) is 0 Å². The summed E-state index contributed by atoms with van der Waals surface area (Å²) in [4.78, 5) is 4.28. The number of hydrogen-bond donors (Lipinski definition) is 1. The van der Waals surface area contributed by atoms with Crippen LogP contribution in [0.3, 0.4) is 0 Å². The number of pyridine rings is 1. The number of benzene rings is 1. The van der Waals surface area contributed by atoms with Crippen molar-refractivity contribution in [3.05, 3.63) is 59.9 Å². The van der Waals surface area contributed by atoms with E-state index < -0.39 is 11.6 Å². The van der Waals surface area contributed by atoms with Crippen LogP contribution in [-0.4, -0.2) is 9.38 Å². The van der Waals surface area contributed by atoms with Gasteiger partial charge in [0.2, 0.25) is 0 Å². The highest BCUT2D eigenvalue weighted by Gasteiger charge is 2.12. The van der Waals surface area contributed by atoms with Crippen LogP contribution in [0.1, 0.15) is 5.56 Å². The first kappa shape index (κ1) is 11.8. The summed E-state index contributed by atoms with van der Waals surface area (Å²) >= 11 is 0. The Morgan fingerprint density at radius 1 is 1.11 bits per heavy atom. The Bertz CT molecular complexity index is 750. The van der Waals surface area contributed by atoms with E-state index in [0.717, 1.165) is 11.6 Å². The standard InChI is InChI=1S/C14H11F2N3/c15-11-3-1-2-10(14(11)16)12-8-19-7-9(6-17)4-5-13(19)18-12/h1-5,7-8H,6,17H2. The minimum Gasteiger partial charge on any atom is -0.326 e. The van der Waals surface area contributed by atoms with E-state index in [1.807, 2.05) is 12.3 Å².